The van der Waals surface area contributed by atoms with E-state index in [-0.39, 0.29) is 0 Å². The molecule has 0 amide bonds. The topological polar surface area (TPSA) is 24.5 Å². The van der Waals surface area contributed by atoms with Crippen molar-refractivity contribution >= 4 is 0 Å². The highest BCUT2D eigenvalue weighted by Crippen LogP contribution is 2.09. The van der Waals surface area contributed by atoms with Crippen LogP contribution in [0.15, 0.2) is 0 Å². The molecular formula is C12H26N2O. The summed E-state index contributed by atoms with van der Waals surface area (Å²) in [6.45, 7) is 13.0. The number of nitrogens with one attached hydrogen (secondary N) is 1. The van der Waals surface area contributed by atoms with E-state index in [0.29, 0.717) is 0 Å². The Balaban J connectivity index is 0.000000245. The Labute approximate surface area is 94.2 Å². The second-order valence-electron chi connectivity index (χ2n) is 5.03. The Kier molecular flexibility index (Phi) is 6.22. The first-order valence-corrected chi connectivity index (χ1v) is 6.22. The zero-order chi connectivity index (χ0) is 11.1. The van der Waals surface area contributed by atoms with Gasteiger partial charge in [0.05, 0.1) is 13.2 Å². The minimum Gasteiger partial charge on any atom is -0.379 e. The molecule has 1 atom stereocenters. The van der Waals surface area contributed by atoms with Crippen LogP contribution in [-0.4, -0.2) is 50.3 Å². The summed E-state index contributed by atoms with van der Waals surface area (Å²) in [6, 6.07) is 0.791. The van der Waals surface area contributed by atoms with E-state index in [1.165, 1.54) is 19.5 Å². The second-order valence-corrected chi connectivity index (χ2v) is 5.03. The molecule has 0 saturated carbocycles. The van der Waals surface area contributed by atoms with Crippen molar-refractivity contribution in [2.24, 2.45) is 5.92 Å². The number of rotatable bonds is 1. The normalized spacial score (nSPS) is 27.6. The SMILES string of the molecule is C1CC(N2CCOCC2)CN1.CC(C)C. The van der Waals surface area contributed by atoms with Gasteiger partial charge in [-0.15, -0.1) is 0 Å². The van der Waals surface area contributed by atoms with Gasteiger partial charge in [-0.1, -0.05) is 20.8 Å². The van der Waals surface area contributed by atoms with Gasteiger partial charge < -0.3 is 10.1 Å². The predicted molar refractivity (Wildman–Crippen MR) is 64.2 cm³/mol. The van der Waals surface area contributed by atoms with Crippen molar-refractivity contribution < 1.29 is 4.74 Å². The lowest BCUT2D eigenvalue weighted by Gasteiger charge is -2.31. The molecule has 0 spiro atoms. The summed E-state index contributed by atoms with van der Waals surface area (Å²) in [6.07, 6.45) is 1.32. The van der Waals surface area contributed by atoms with Gasteiger partial charge >= 0.3 is 0 Å². The molecule has 1 unspecified atom stereocenters. The highest BCUT2D eigenvalue weighted by atomic mass is 16.5. The van der Waals surface area contributed by atoms with Gasteiger partial charge in [0.15, 0.2) is 0 Å². The van der Waals surface area contributed by atoms with E-state index in [0.717, 1.165) is 38.3 Å². The van der Waals surface area contributed by atoms with Gasteiger partial charge in [0.2, 0.25) is 0 Å². The fourth-order valence-corrected chi connectivity index (χ4v) is 1.89. The lowest BCUT2D eigenvalue weighted by molar-refractivity contribution is 0.0206. The van der Waals surface area contributed by atoms with Crippen LogP contribution in [0.2, 0.25) is 0 Å². The molecule has 2 fully saturated rings. The van der Waals surface area contributed by atoms with E-state index >= 15 is 0 Å². The van der Waals surface area contributed by atoms with E-state index in [1.54, 1.807) is 0 Å². The smallest absolute Gasteiger partial charge is 0.0594 e. The van der Waals surface area contributed by atoms with Crippen molar-refractivity contribution in [3.8, 4) is 0 Å². The van der Waals surface area contributed by atoms with Gasteiger partial charge in [0.1, 0.15) is 0 Å². The average molecular weight is 214 g/mol. The van der Waals surface area contributed by atoms with Gasteiger partial charge in [-0.2, -0.15) is 0 Å². The number of morpholine rings is 1. The first-order chi connectivity index (χ1) is 7.20. The molecule has 0 aromatic rings. The summed E-state index contributed by atoms with van der Waals surface area (Å²) >= 11 is 0. The Morgan fingerprint density at radius 2 is 1.80 bits per heavy atom. The van der Waals surface area contributed by atoms with Gasteiger partial charge in [-0.25, -0.2) is 0 Å². The van der Waals surface area contributed by atoms with Crippen LogP contribution in [-0.2, 0) is 4.74 Å². The Morgan fingerprint density at radius 1 is 1.20 bits per heavy atom. The monoisotopic (exact) mass is 214 g/mol. The number of nitrogens with zero attached hydrogens (tertiary/aromatic N) is 1. The number of hydrogen-bond acceptors (Lipinski definition) is 3. The Bertz CT molecular complexity index is 147. The maximum atomic E-state index is 5.30. The molecule has 0 radical (unpaired) electrons. The van der Waals surface area contributed by atoms with Gasteiger partial charge in [-0.3, -0.25) is 4.90 Å². The highest BCUT2D eigenvalue weighted by Gasteiger charge is 2.23. The van der Waals surface area contributed by atoms with Crippen molar-refractivity contribution in [3.05, 3.63) is 0 Å². The third-order valence-corrected chi connectivity index (χ3v) is 2.60. The average Bonchev–Trinajstić information content (AvgIpc) is 2.71. The van der Waals surface area contributed by atoms with Crippen LogP contribution in [0.4, 0.5) is 0 Å². The summed E-state index contributed by atoms with van der Waals surface area (Å²) in [5.41, 5.74) is 0. The van der Waals surface area contributed by atoms with Crippen LogP contribution in [0.25, 0.3) is 0 Å². The van der Waals surface area contributed by atoms with Crippen molar-refractivity contribution in [2.75, 3.05) is 39.4 Å². The quantitative estimate of drug-likeness (QED) is 0.713. The molecule has 0 aromatic carbocycles. The first kappa shape index (κ1) is 12.9. The lowest BCUT2D eigenvalue weighted by atomic mass is 10.2. The summed E-state index contributed by atoms with van der Waals surface area (Å²) in [7, 11) is 0. The van der Waals surface area contributed by atoms with Crippen LogP contribution in [0.3, 0.4) is 0 Å². The minimum absolute atomic E-state index is 0.791. The molecule has 0 aliphatic carbocycles. The maximum Gasteiger partial charge on any atom is 0.0594 e. The van der Waals surface area contributed by atoms with Crippen LogP contribution in [0.1, 0.15) is 27.2 Å². The zero-order valence-corrected chi connectivity index (χ0v) is 10.5. The summed E-state index contributed by atoms with van der Waals surface area (Å²) in [5, 5.41) is 3.39. The van der Waals surface area contributed by atoms with E-state index in [4.69, 9.17) is 4.74 Å². The van der Waals surface area contributed by atoms with Gasteiger partial charge in [0.25, 0.3) is 0 Å². The maximum absolute atomic E-state index is 5.30. The number of hydrogen-bond donors (Lipinski definition) is 1. The van der Waals surface area contributed by atoms with E-state index in [1.807, 2.05) is 0 Å². The Hall–Kier alpha value is -0.120. The molecule has 2 rings (SSSR count). The predicted octanol–water partition coefficient (Wildman–Crippen LogP) is 1.34. The summed E-state index contributed by atoms with van der Waals surface area (Å²) in [4.78, 5) is 2.55. The van der Waals surface area contributed by atoms with Crippen molar-refractivity contribution in [1.82, 2.24) is 10.2 Å². The van der Waals surface area contributed by atoms with E-state index in [2.05, 4.69) is 31.0 Å². The third-order valence-electron chi connectivity index (χ3n) is 2.60. The molecule has 15 heavy (non-hydrogen) atoms. The van der Waals surface area contributed by atoms with Crippen LogP contribution in [0, 0.1) is 5.92 Å². The Morgan fingerprint density at radius 3 is 2.27 bits per heavy atom. The summed E-state index contributed by atoms with van der Waals surface area (Å²) < 4.78 is 5.30. The molecule has 2 saturated heterocycles. The van der Waals surface area contributed by atoms with Crippen LogP contribution in [0.5, 0.6) is 0 Å². The molecule has 2 aliphatic rings. The molecule has 2 aliphatic heterocycles. The summed E-state index contributed by atoms with van der Waals surface area (Å²) in [5.74, 6) is 0.833. The van der Waals surface area contributed by atoms with Crippen molar-refractivity contribution in [3.63, 3.8) is 0 Å². The zero-order valence-electron chi connectivity index (χ0n) is 10.5. The van der Waals surface area contributed by atoms with E-state index < -0.39 is 0 Å². The fraction of sp³-hybridized carbons (Fsp3) is 1.00. The second kappa shape index (κ2) is 7.20. The molecular weight excluding hydrogens is 188 g/mol. The minimum atomic E-state index is 0.791. The van der Waals surface area contributed by atoms with Gasteiger partial charge in [0, 0.05) is 25.7 Å². The standard InChI is InChI=1S/C8H16N2O.C4H10/c1-2-9-7-8(1)10-3-5-11-6-4-10;1-4(2)3/h8-9H,1-7H2;4H,1-3H3. The fourth-order valence-electron chi connectivity index (χ4n) is 1.89. The van der Waals surface area contributed by atoms with Crippen molar-refractivity contribution in [2.45, 2.75) is 33.2 Å². The molecule has 1 N–H and O–H groups in total. The first-order valence-electron chi connectivity index (χ1n) is 6.22. The molecule has 0 aromatic heterocycles. The molecule has 90 valence electrons. The lowest BCUT2D eigenvalue weighted by Crippen LogP contribution is -2.44. The molecule has 3 heteroatoms. The highest BCUT2D eigenvalue weighted by molar-refractivity contribution is 4.81. The van der Waals surface area contributed by atoms with Crippen molar-refractivity contribution in [1.29, 1.82) is 0 Å². The largest absolute Gasteiger partial charge is 0.379 e. The van der Waals surface area contributed by atoms with E-state index in [9.17, 15) is 0 Å². The third kappa shape index (κ3) is 5.50. The van der Waals surface area contributed by atoms with Crippen LogP contribution < -0.4 is 5.32 Å². The molecule has 2 heterocycles. The van der Waals surface area contributed by atoms with Gasteiger partial charge in [-0.05, 0) is 18.9 Å². The molecule has 0 bridgehead atoms. The number of ether oxygens (including phenoxy) is 1. The van der Waals surface area contributed by atoms with Crippen LogP contribution >= 0.6 is 0 Å². The molecule has 3 nitrogen and oxygen atoms in total.